The van der Waals surface area contributed by atoms with E-state index in [-0.39, 0.29) is 19.0 Å². The molecule has 1 rings (SSSR count). The lowest BCUT2D eigenvalue weighted by molar-refractivity contribution is -0.150. The van der Waals surface area contributed by atoms with E-state index in [1.165, 1.54) is 6.92 Å². The molecule has 0 aliphatic carbocycles. The van der Waals surface area contributed by atoms with Crippen molar-refractivity contribution < 1.29 is 35.9 Å². The predicted molar refractivity (Wildman–Crippen MR) is 61.9 cm³/mol. The first-order valence-electron chi connectivity index (χ1n) is 5.31. The van der Waals surface area contributed by atoms with Crippen LogP contribution in [0.5, 0.6) is 0 Å². The number of rotatable bonds is 4. The molecule has 1 aromatic rings. The van der Waals surface area contributed by atoms with Crippen LogP contribution in [0, 0.1) is 29.1 Å². The highest BCUT2D eigenvalue weighted by atomic mass is 35.5. The lowest BCUT2D eigenvalue weighted by Crippen LogP contribution is -2.33. The zero-order valence-electron chi connectivity index (χ0n) is 10.4. The number of esters is 1. The van der Waals surface area contributed by atoms with E-state index < -0.39 is 52.8 Å². The van der Waals surface area contributed by atoms with Crippen LogP contribution in [0.3, 0.4) is 0 Å². The molecule has 3 nitrogen and oxygen atoms in total. The molecule has 10 heteroatoms. The molecule has 1 aromatic carbocycles. The van der Waals surface area contributed by atoms with Gasteiger partial charge >= 0.3 is 5.97 Å². The van der Waals surface area contributed by atoms with Crippen molar-refractivity contribution in [3.05, 3.63) is 34.6 Å². The quantitative estimate of drug-likeness (QED) is 0.398. The number of hydrogen-bond acceptors (Lipinski definition) is 3. The highest BCUT2D eigenvalue weighted by Gasteiger charge is 2.36. The number of alkyl halides is 1. The predicted octanol–water partition coefficient (Wildman–Crippen LogP) is 2.70. The van der Waals surface area contributed by atoms with Crippen LogP contribution in [0.2, 0.25) is 0 Å². The second-order valence-electron chi connectivity index (χ2n) is 3.66. The normalized spacial score (nSPS) is 13.3. The molecule has 1 unspecified atom stereocenters. The topological polar surface area (TPSA) is 52.3 Å². The summed E-state index contributed by atoms with van der Waals surface area (Å²) >= 11 is 0. The molecule has 0 saturated heterocycles. The van der Waals surface area contributed by atoms with Gasteiger partial charge in [-0.2, -0.15) is 0 Å². The Labute approximate surface area is 121 Å². The van der Waals surface area contributed by atoms with Gasteiger partial charge in [-0.25, -0.2) is 31.1 Å². The Morgan fingerprint density at radius 3 is 1.81 bits per heavy atom. The van der Waals surface area contributed by atoms with E-state index in [0.717, 1.165) is 0 Å². The first kappa shape index (κ1) is 19.5. The number of nitrogens with two attached hydrogens (primary N) is 1. The summed E-state index contributed by atoms with van der Waals surface area (Å²) in [6, 6.07) is -2.39. The largest absolute Gasteiger partial charge is 0.464 e. The van der Waals surface area contributed by atoms with Gasteiger partial charge in [-0.15, -0.1) is 12.4 Å². The van der Waals surface area contributed by atoms with Crippen LogP contribution >= 0.6 is 12.4 Å². The van der Waals surface area contributed by atoms with Crippen molar-refractivity contribution in [2.24, 2.45) is 5.73 Å². The minimum Gasteiger partial charge on any atom is -0.464 e. The first-order chi connectivity index (χ1) is 9.23. The summed E-state index contributed by atoms with van der Waals surface area (Å²) in [5.74, 6) is -13.1. The van der Waals surface area contributed by atoms with Crippen LogP contribution in [-0.2, 0) is 9.53 Å². The van der Waals surface area contributed by atoms with E-state index in [4.69, 9.17) is 5.73 Å². The van der Waals surface area contributed by atoms with Gasteiger partial charge in [-0.1, -0.05) is 0 Å². The van der Waals surface area contributed by atoms with Gasteiger partial charge < -0.3 is 10.5 Å². The Bertz CT molecular complexity index is 513. The van der Waals surface area contributed by atoms with Crippen molar-refractivity contribution in [3.8, 4) is 0 Å². The molecule has 2 atom stereocenters. The number of carbonyl (C=O) groups excluding carboxylic acids is 1. The van der Waals surface area contributed by atoms with Gasteiger partial charge in [-0.3, -0.25) is 0 Å². The van der Waals surface area contributed by atoms with Crippen molar-refractivity contribution in [2.45, 2.75) is 19.1 Å². The van der Waals surface area contributed by atoms with Crippen LogP contribution in [-0.4, -0.2) is 18.7 Å². The fourth-order valence-electron chi connectivity index (χ4n) is 1.43. The molecular weight excluding hydrogens is 328 g/mol. The zero-order valence-corrected chi connectivity index (χ0v) is 11.2. The zero-order chi connectivity index (χ0) is 15.6. The summed E-state index contributed by atoms with van der Waals surface area (Å²) in [6.45, 7) is 1.08. The molecule has 0 spiro atoms. The third-order valence-electron chi connectivity index (χ3n) is 2.40. The van der Waals surface area contributed by atoms with Crippen molar-refractivity contribution >= 4 is 18.4 Å². The third kappa shape index (κ3) is 3.59. The van der Waals surface area contributed by atoms with Crippen LogP contribution in [0.15, 0.2) is 0 Å². The fourth-order valence-corrected chi connectivity index (χ4v) is 1.43. The molecule has 0 bridgehead atoms. The maximum absolute atomic E-state index is 13.5. The van der Waals surface area contributed by atoms with Gasteiger partial charge in [0.25, 0.3) is 0 Å². The fraction of sp³-hybridized carbons (Fsp3) is 0.364. The summed E-state index contributed by atoms with van der Waals surface area (Å²) < 4.78 is 83.0. The van der Waals surface area contributed by atoms with E-state index in [1.807, 2.05) is 0 Å². The van der Waals surface area contributed by atoms with E-state index in [2.05, 4.69) is 4.74 Å². The van der Waals surface area contributed by atoms with Gasteiger partial charge in [0.1, 0.15) is 0 Å². The van der Waals surface area contributed by atoms with Gasteiger partial charge in [-0.05, 0) is 6.92 Å². The highest BCUT2D eigenvalue weighted by molar-refractivity contribution is 5.85. The average molecular weight is 338 g/mol. The van der Waals surface area contributed by atoms with Gasteiger partial charge in [0.05, 0.1) is 18.2 Å². The number of halogens is 7. The van der Waals surface area contributed by atoms with E-state index >= 15 is 0 Å². The van der Waals surface area contributed by atoms with Crippen LogP contribution in [0.4, 0.5) is 26.3 Å². The lowest BCUT2D eigenvalue weighted by Gasteiger charge is -2.18. The Morgan fingerprint density at radius 2 is 1.43 bits per heavy atom. The number of carbonyl (C=O) groups is 1. The standard InChI is InChI=1S/C11H9F6NO2.ClH/c1-2-20-11(19)9(17)10(18)3-4(12)6(14)8(16)7(15)5(3)13;/h9-10H,2,18H2,1H3;1H/t9?,10-;/m1./s1. The summed E-state index contributed by atoms with van der Waals surface area (Å²) in [5, 5.41) is 0. The van der Waals surface area contributed by atoms with Crippen molar-refractivity contribution in [1.29, 1.82) is 0 Å². The Balaban J connectivity index is 0.00000400. The van der Waals surface area contributed by atoms with Crippen LogP contribution in [0.25, 0.3) is 0 Å². The second kappa shape index (κ2) is 7.51. The Morgan fingerprint density at radius 1 is 1.05 bits per heavy atom. The molecule has 0 heterocycles. The number of hydrogen-bond donors (Lipinski definition) is 1. The van der Waals surface area contributed by atoms with Crippen LogP contribution in [0.1, 0.15) is 18.5 Å². The maximum Gasteiger partial charge on any atom is 0.342 e. The second-order valence-corrected chi connectivity index (χ2v) is 3.66. The minimum absolute atomic E-state index is 0. The first-order valence-corrected chi connectivity index (χ1v) is 5.31. The molecule has 2 N–H and O–H groups in total. The Kier molecular flexibility index (Phi) is 6.98. The van der Waals surface area contributed by atoms with E-state index in [0.29, 0.717) is 0 Å². The molecule has 21 heavy (non-hydrogen) atoms. The minimum atomic E-state index is -2.77. The van der Waals surface area contributed by atoms with Crippen molar-refractivity contribution in [3.63, 3.8) is 0 Å². The average Bonchev–Trinajstić information content (AvgIpc) is 2.42. The number of ether oxygens (including phenoxy) is 1. The molecule has 0 aliphatic rings. The van der Waals surface area contributed by atoms with Crippen LogP contribution < -0.4 is 5.73 Å². The molecule has 0 aromatic heterocycles. The van der Waals surface area contributed by atoms with Crippen molar-refractivity contribution in [1.82, 2.24) is 0 Å². The molecule has 120 valence electrons. The molecule has 0 radical (unpaired) electrons. The highest BCUT2D eigenvalue weighted by Crippen LogP contribution is 2.29. The SMILES string of the molecule is CCOC(=O)C(F)[C@H](N)c1c(F)c(F)c(F)c(F)c1F.Cl. The smallest absolute Gasteiger partial charge is 0.342 e. The Hall–Kier alpha value is -1.48. The summed E-state index contributed by atoms with van der Waals surface area (Å²) in [5.41, 5.74) is 3.44. The third-order valence-corrected chi connectivity index (χ3v) is 2.40. The maximum atomic E-state index is 13.5. The summed E-state index contributed by atoms with van der Waals surface area (Å²) in [4.78, 5) is 11.0. The van der Waals surface area contributed by atoms with Gasteiger partial charge in [0.15, 0.2) is 23.3 Å². The lowest BCUT2D eigenvalue weighted by atomic mass is 10.0. The molecule has 0 amide bonds. The van der Waals surface area contributed by atoms with Gasteiger partial charge in [0, 0.05) is 0 Å². The molecule has 0 fully saturated rings. The molecular formula is C11H10ClF6NO2. The number of benzene rings is 1. The molecule has 0 saturated carbocycles. The summed E-state index contributed by atoms with van der Waals surface area (Å²) in [6.07, 6.45) is -2.77. The van der Waals surface area contributed by atoms with E-state index in [1.54, 1.807) is 0 Å². The molecule has 0 aliphatic heterocycles. The van der Waals surface area contributed by atoms with E-state index in [9.17, 15) is 31.1 Å². The van der Waals surface area contributed by atoms with Gasteiger partial charge in [0.2, 0.25) is 12.0 Å². The van der Waals surface area contributed by atoms with Crippen molar-refractivity contribution in [2.75, 3.05) is 6.61 Å². The summed E-state index contributed by atoms with van der Waals surface area (Å²) in [7, 11) is 0. The monoisotopic (exact) mass is 337 g/mol.